The van der Waals surface area contributed by atoms with Crippen LogP contribution in [0.3, 0.4) is 0 Å². The molecule has 0 fully saturated rings. The summed E-state index contributed by atoms with van der Waals surface area (Å²) in [6, 6.07) is 16.9. The molecule has 1 atom stereocenters. The van der Waals surface area contributed by atoms with Gasteiger partial charge in [-0.1, -0.05) is 43.3 Å². The summed E-state index contributed by atoms with van der Waals surface area (Å²) in [7, 11) is 2.20. The van der Waals surface area contributed by atoms with Gasteiger partial charge in [0.1, 0.15) is 0 Å². The lowest BCUT2D eigenvalue weighted by atomic mass is 9.97. The molecular weight excluding hydrogens is 256 g/mol. The summed E-state index contributed by atoms with van der Waals surface area (Å²) in [4.78, 5) is 2.40. The predicted molar refractivity (Wildman–Crippen MR) is 91.4 cm³/mol. The fourth-order valence-corrected chi connectivity index (χ4v) is 2.56. The summed E-state index contributed by atoms with van der Waals surface area (Å²) in [5, 5.41) is 0. The summed E-state index contributed by atoms with van der Waals surface area (Å²) >= 11 is 0. The van der Waals surface area contributed by atoms with Gasteiger partial charge in [-0.3, -0.25) is 0 Å². The Balaban J connectivity index is 1.85. The van der Waals surface area contributed by atoms with E-state index < -0.39 is 0 Å². The van der Waals surface area contributed by atoms with Gasteiger partial charge in [-0.15, -0.1) is 0 Å². The summed E-state index contributed by atoms with van der Waals surface area (Å²) < 4.78 is 0. The molecule has 2 aromatic carbocycles. The second kappa shape index (κ2) is 7.28. The quantitative estimate of drug-likeness (QED) is 0.804. The van der Waals surface area contributed by atoms with Crippen molar-refractivity contribution >= 4 is 5.69 Å². The van der Waals surface area contributed by atoms with Crippen LogP contribution < -0.4 is 5.73 Å². The van der Waals surface area contributed by atoms with Crippen LogP contribution in [0, 0.1) is 6.92 Å². The maximum atomic E-state index is 5.74. The van der Waals surface area contributed by atoms with Crippen LogP contribution in [0.5, 0.6) is 0 Å². The van der Waals surface area contributed by atoms with Crippen molar-refractivity contribution in [1.82, 2.24) is 4.90 Å². The number of rotatable bonds is 6. The third kappa shape index (κ3) is 4.61. The summed E-state index contributed by atoms with van der Waals surface area (Å²) in [6.07, 6.45) is 1.16. The van der Waals surface area contributed by atoms with Crippen molar-refractivity contribution in [3.63, 3.8) is 0 Å². The molecule has 0 bridgehead atoms. The number of nitrogens with zero attached hydrogens (tertiary/aromatic N) is 1. The molecular formula is C19H26N2. The van der Waals surface area contributed by atoms with Crippen molar-refractivity contribution in [1.29, 1.82) is 0 Å². The monoisotopic (exact) mass is 282 g/mol. The fraction of sp³-hybridized carbons (Fsp3) is 0.368. The predicted octanol–water partition coefficient (Wildman–Crippen LogP) is 4.20. The van der Waals surface area contributed by atoms with Crippen LogP contribution >= 0.6 is 0 Å². The first-order chi connectivity index (χ1) is 10.1. The Hall–Kier alpha value is -1.80. The Labute approximate surface area is 128 Å². The normalized spacial score (nSPS) is 12.6. The van der Waals surface area contributed by atoms with E-state index in [0.29, 0.717) is 5.92 Å². The highest BCUT2D eigenvalue weighted by atomic mass is 15.1. The maximum absolute atomic E-state index is 5.74. The molecule has 0 aliphatic heterocycles. The molecule has 0 radical (unpaired) electrons. The zero-order chi connectivity index (χ0) is 15.2. The molecule has 1 unspecified atom stereocenters. The van der Waals surface area contributed by atoms with E-state index >= 15 is 0 Å². The van der Waals surface area contributed by atoms with E-state index in [2.05, 4.69) is 62.2 Å². The molecule has 2 heteroatoms. The highest BCUT2D eigenvalue weighted by Gasteiger charge is 2.08. The zero-order valence-corrected chi connectivity index (χ0v) is 13.3. The number of nitrogens with two attached hydrogens (primary N) is 1. The van der Waals surface area contributed by atoms with Crippen LogP contribution in [-0.2, 0) is 6.54 Å². The Morgan fingerprint density at radius 3 is 2.38 bits per heavy atom. The molecule has 0 saturated heterocycles. The van der Waals surface area contributed by atoms with Crippen molar-refractivity contribution < 1.29 is 0 Å². The largest absolute Gasteiger partial charge is 0.399 e. The van der Waals surface area contributed by atoms with E-state index in [1.165, 1.54) is 16.7 Å². The molecule has 0 aliphatic rings. The third-order valence-electron chi connectivity index (χ3n) is 4.15. The Kier molecular flexibility index (Phi) is 5.40. The second-order valence-corrected chi connectivity index (χ2v) is 6.02. The lowest BCUT2D eigenvalue weighted by Crippen LogP contribution is -2.21. The van der Waals surface area contributed by atoms with Gasteiger partial charge in [0, 0.05) is 12.2 Å². The van der Waals surface area contributed by atoms with Crippen molar-refractivity contribution in [3.05, 3.63) is 65.2 Å². The van der Waals surface area contributed by atoms with Gasteiger partial charge in [0.25, 0.3) is 0 Å². The van der Waals surface area contributed by atoms with Gasteiger partial charge in [-0.25, -0.2) is 0 Å². The second-order valence-electron chi connectivity index (χ2n) is 6.02. The SMILES string of the molecule is Cc1ccccc1CN(C)CCC(C)c1ccc(N)cc1. The summed E-state index contributed by atoms with van der Waals surface area (Å²) in [5.74, 6) is 0.560. The molecule has 2 nitrogen and oxygen atoms in total. The van der Waals surface area contributed by atoms with Gasteiger partial charge >= 0.3 is 0 Å². The summed E-state index contributed by atoms with van der Waals surface area (Å²) in [5.41, 5.74) is 10.7. The molecule has 0 spiro atoms. The van der Waals surface area contributed by atoms with Crippen molar-refractivity contribution in [2.24, 2.45) is 0 Å². The van der Waals surface area contributed by atoms with E-state index in [4.69, 9.17) is 5.73 Å². The molecule has 0 aliphatic carbocycles. The van der Waals surface area contributed by atoms with Crippen LogP contribution in [-0.4, -0.2) is 18.5 Å². The first-order valence-electron chi connectivity index (χ1n) is 7.64. The third-order valence-corrected chi connectivity index (χ3v) is 4.15. The minimum Gasteiger partial charge on any atom is -0.399 e. The van der Waals surface area contributed by atoms with Gasteiger partial charge in [0.2, 0.25) is 0 Å². The molecule has 2 N–H and O–H groups in total. The van der Waals surface area contributed by atoms with Gasteiger partial charge in [0.05, 0.1) is 0 Å². The van der Waals surface area contributed by atoms with E-state index in [9.17, 15) is 0 Å². The topological polar surface area (TPSA) is 29.3 Å². The van der Waals surface area contributed by atoms with Crippen LogP contribution in [0.2, 0.25) is 0 Å². The van der Waals surface area contributed by atoms with Gasteiger partial charge in [0.15, 0.2) is 0 Å². The zero-order valence-electron chi connectivity index (χ0n) is 13.3. The van der Waals surface area contributed by atoms with Gasteiger partial charge in [-0.05, 0) is 61.7 Å². The average molecular weight is 282 g/mol. The molecule has 0 aromatic heterocycles. The van der Waals surface area contributed by atoms with Crippen molar-refractivity contribution in [3.8, 4) is 0 Å². The Morgan fingerprint density at radius 2 is 1.71 bits per heavy atom. The maximum Gasteiger partial charge on any atom is 0.0314 e. The number of anilines is 1. The van der Waals surface area contributed by atoms with Gasteiger partial charge < -0.3 is 10.6 Å². The minimum atomic E-state index is 0.560. The highest BCUT2D eigenvalue weighted by molar-refractivity contribution is 5.40. The van der Waals surface area contributed by atoms with Crippen LogP contribution in [0.25, 0.3) is 0 Å². The van der Waals surface area contributed by atoms with Crippen molar-refractivity contribution in [2.45, 2.75) is 32.7 Å². The molecule has 0 amide bonds. The highest BCUT2D eigenvalue weighted by Crippen LogP contribution is 2.20. The molecule has 21 heavy (non-hydrogen) atoms. The Morgan fingerprint density at radius 1 is 1.05 bits per heavy atom. The number of hydrogen-bond acceptors (Lipinski definition) is 2. The molecule has 112 valence electrons. The van der Waals surface area contributed by atoms with E-state index in [0.717, 1.165) is 25.2 Å². The fourth-order valence-electron chi connectivity index (χ4n) is 2.56. The van der Waals surface area contributed by atoms with Gasteiger partial charge in [-0.2, -0.15) is 0 Å². The molecule has 2 aromatic rings. The number of aryl methyl sites for hydroxylation is 1. The standard InChI is InChI=1S/C19H26N2/c1-15-6-4-5-7-18(15)14-21(3)13-12-16(2)17-8-10-19(20)11-9-17/h4-11,16H,12-14,20H2,1-3H3. The first-order valence-corrected chi connectivity index (χ1v) is 7.64. The van der Waals surface area contributed by atoms with E-state index in [1.807, 2.05) is 12.1 Å². The molecule has 2 rings (SSSR count). The Bertz CT molecular complexity index is 560. The number of benzene rings is 2. The number of nitrogen functional groups attached to an aromatic ring is 1. The van der Waals surface area contributed by atoms with E-state index in [1.54, 1.807) is 0 Å². The number of hydrogen-bond donors (Lipinski definition) is 1. The first kappa shape index (κ1) is 15.6. The average Bonchev–Trinajstić information content (AvgIpc) is 2.48. The van der Waals surface area contributed by atoms with Crippen LogP contribution in [0.4, 0.5) is 5.69 Å². The minimum absolute atomic E-state index is 0.560. The van der Waals surface area contributed by atoms with Crippen molar-refractivity contribution in [2.75, 3.05) is 19.3 Å². The van der Waals surface area contributed by atoms with Crippen LogP contribution in [0.15, 0.2) is 48.5 Å². The van der Waals surface area contributed by atoms with E-state index in [-0.39, 0.29) is 0 Å². The smallest absolute Gasteiger partial charge is 0.0314 e. The summed E-state index contributed by atoms with van der Waals surface area (Å²) in [6.45, 7) is 6.58. The lowest BCUT2D eigenvalue weighted by molar-refractivity contribution is 0.313. The molecule has 0 heterocycles. The molecule has 0 saturated carbocycles. The lowest BCUT2D eigenvalue weighted by Gasteiger charge is -2.20. The van der Waals surface area contributed by atoms with Crippen LogP contribution in [0.1, 0.15) is 36.0 Å².